The Morgan fingerprint density at radius 2 is 2.10 bits per heavy atom. The molecule has 2 heteroatoms. The Morgan fingerprint density at radius 3 is 2.60 bits per heavy atom. The first-order valence-corrected chi connectivity index (χ1v) is 7.53. The van der Waals surface area contributed by atoms with Crippen molar-refractivity contribution in [1.82, 2.24) is 0 Å². The van der Waals surface area contributed by atoms with Crippen LogP contribution in [-0.4, -0.2) is 6.72 Å². The molecule has 108 valence electrons. The number of aryl methyl sites for hydroxylation is 1. The smallest absolute Gasteiger partial charge is 0.0677 e. The molecule has 1 saturated carbocycles. The van der Waals surface area contributed by atoms with Crippen LogP contribution in [0.15, 0.2) is 41.1 Å². The first kappa shape index (κ1) is 14.8. The molecule has 0 heterocycles. The van der Waals surface area contributed by atoms with Gasteiger partial charge in [-0.25, -0.2) is 5.01 Å². The number of benzene rings is 1. The molecule has 2 rings (SSSR count). The van der Waals surface area contributed by atoms with Gasteiger partial charge in [0.15, 0.2) is 0 Å². The number of anilines is 1. The van der Waals surface area contributed by atoms with E-state index in [2.05, 4.69) is 69.9 Å². The van der Waals surface area contributed by atoms with Gasteiger partial charge in [-0.15, -0.1) is 0 Å². The summed E-state index contributed by atoms with van der Waals surface area (Å²) in [7, 11) is 0. The summed E-state index contributed by atoms with van der Waals surface area (Å²) in [6, 6.07) is 8.36. The number of rotatable bonds is 5. The van der Waals surface area contributed by atoms with E-state index in [4.69, 9.17) is 0 Å². The summed E-state index contributed by atoms with van der Waals surface area (Å²) in [4.78, 5) is 0. The van der Waals surface area contributed by atoms with Crippen LogP contribution in [0.5, 0.6) is 0 Å². The quantitative estimate of drug-likeness (QED) is 0.534. The molecule has 0 saturated heterocycles. The van der Waals surface area contributed by atoms with E-state index in [9.17, 15) is 0 Å². The van der Waals surface area contributed by atoms with Crippen LogP contribution < -0.4 is 5.01 Å². The van der Waals surface area contributed by atoms with Crippen LogP contribution in [0.25, 0.3) is 0 Å². The summed E-state index contributed by atoms with van der Waals surface area (Å²) in [6.45, 7) is 12.7. The molecule has 20 heavy (non-hydrogen) atoms. The Hall–Kier alpha value is -1.57. The fourth-order valence-electron chi connectivity index (χ4n) is 3.26. The lowest BCUT2D eigenvalue weighted by atomic mass is 9.60. The number of hydrogen-bond donors (Lipinski definition) is 0. The molecular formula is C18H26N2. The summed E-state index contributed by atoms with van der Waals surface area (Å²) < 4.78 is 0. The van der Waals surface area contributed by atoms with E-state index in [0.717, 1.165) is 5.69 Å². The van der Waals surface area contributed by atoms with Gasteiger partial charge in [-0.2, -0.15) is 5.10 Å². The average Bonchev–Trinajstić information content (AvgIpc) is 2.43. The fraction of sp³-hybridized carbons (Fsp3) is 0.500. The third-order valence-electron chi connectivity index (χ3n) is 4.78. The summed E-state index contributed by atoms with van der Waals surface area (Å²) in [5.74, 6) is 0.607. The highest BCUT2D eigenvalue weighted by molar-refractivity contribution is 5.58. The predicted octanol–water partition coefficient (Wildman–Crippen LogP) is 5.15. The SMILES string of the molecule is C=NN(/C(=C\C)C1CC(C)(CC)C1)c1ccccc1C. The van der Waals surface area contributed by atoms with Crippen LogP contribution >= 0.6 is 0 Å². The molecule has 0 amide bonds. The van der Waals surface area contributed by atoms with Gasteiger partial charge in [-0.1, -0.05) is 44.5 Å². The van der Waals surface area contributed by atoms with Gasteiger partial charge in [0.25, 0.3) is 0 Å². The number of hydrazone groups is 1. The molecule has 1 aliphatic carbocycles. The average molecular weight is 270 g/mol. The Labute approximate surface area is 123 Å². The van der Waals surface area contributed by atoms with E-state index in [1.807, 2.05) is 5.01 Å². The maximum Gasteiger partial charge on any atom is 0.0677 e. The van der Waals surface area contributed by atoms with Crippen LogP contribution in [0, 0.1) is 18.3 Å². The largest absolute Gasteiger partial charge is 0.238 e. The summed E-state index contributed by atoms with van der Waals surface area (Å²) in [6.07, 6.45) is 5.95. The van der Waals surface area contributed by atoms with E-state index in [0.29, 0.717) is 11.3 Å². The second-order valence-electron chi connectivity index (χ2n) is 6.22. The molecule has 0 bridgehead atoms. The van der Waals surface area contributed by atoms with Crippen molar-refractivity contribution in [3.05, 3.63) is 41.6 Å². The molecular weight excluding hydrogens is 244 g/mol. The second-order valence-corrected chi connectivity index (χ2v) is 6.22. The van der Waals surface area contributed by atoms with E-state index < -0.39 is 0 Å². The van der Waals surface area contributed by atoms with Crippen LogP contribution in [0.3, 0.4) is 0 Å². The molecule has 1 fully saturated rings. The van der Waals surface area contributed by atoms with E-state index in [1.165, 1.54) is 30.5 Å². The molecule has 2 nitrogen and oxygen atoms in total. The normalized spacial score (nSPS) is 26.0. The van der Waals surface area contributed by atoms with Crippen molar-refractivity contribution in [2.24, 2.45) is 16.4 Å². The highest BCUT2D eigenvalue weighted by Crippen LogP contribution is 2.51. The van der Waals surface area contributed by atoms with Gasteiger partial charge in [-0.05, 0) is 43.7 Å². The summed E-state index contributed by atoms with van der Waals surface area (Å²) in [5, 5.41) is 6.30. The van der Waals surface area contributed by atoms with Gasteiger partial charge in [0.05, 0.1) is 5.69 Å². The molecule has 0 unspecified atom stereocenters. The predicted molar refractivity (Wildman–Crippen MR) is 88.1 cm³/mol. The first-order chi connectivity index (χ1) is 9.54. The van der Waals surface area contributed by atoms with Gasteiger partial charge in [0.1, 0.15) is 0 Å². The van der Waals surface area contributed by atoms with Crippen molar-refractivity contribution in [2.45, 2.75) is 47.0 Å². The molecule has 0 N–H and O–H groups in total. The van der Waals surface area contributed by atoms with Crippen LogP contribution in [0.2, 0.25) is 0 Å². The zero-order valence-electron chi connectivity index (χ0n) is 13.2. The Kier molecular flexibility index (Phi) is 4.32. The molecule has 0 aliphatic heterocycles. The molecule has 0 spiro atoms. The second kappa shape index (κ2) is 5.82. The van der Waals surface area contributed by atoms with Crippen LogP contribution in [0.1, 0.15) is 45.6 Å². The van der Waals surface area contributed by atoms with Gasteiger partial charge in [0, 0.05) is 18.3 Å². The van der Waals surface area contributed by atoms with Gasteiger partial charge in [-0.3, -0.25) is 0 Å². The lowest BCUT2D eigenvalue weighted by Gasteiger charge is -2.47. The van der Waals surface area contributed by atoms with Gasteiger partial charge < -0.3 is 0 Å². The van der Waals surface area contributed by atoms with Crippen molar-refractivity contribution in [3.8, 4) is 0 Å². The van der Waals surface area contributed by atoms with Gasteiger partial charge >= 0.3 is 0 Å². The third kappa shape index (κ3) is 2.65. The Bertz CT molecular complexity index is 510. The van der Waals surface area contributed by atoms with Gasteiger partial charge in [0.2, 0.25) is 0 Å². The summed E-state index contributed by atoms with van der Waals surface area (Å²) in [5.41, 5.74) is 4.18. The highest BCUT2D eigenvalue weighted by atomic mass is 15.5. The van der Waals surface area contributed by atoms with Crippen molar-refractivity contribution in [1.29, 1.82) is 0 Å². The lowest BCUT2D eigenvalue weighted by Crippen LogP contribution is -2.38. The van der Waals surface area contributed by atoms with Crippen LogP contribution in [0.4, 0.5) is 5.69 Å². The highest BCUT2D eigenvalue weighted by Gasteiger charge is 2.41. The minimum Gasteiger partial charge on any atom is -0.238 e. The minimum atomic E-state index is 0.511. The number of nitrogens with zero attached hydrogens (tertiary/aromatic N) is 2. The zero-order valence-corrected chi connectivity index (χ0v) is 13.2. The number of allylic oxidation sites excluding steroid dienone is 2. The third-order valence-corrected chi connectivity index (χ3v) is 4.78. The van der Waals surface area contributed by atoms with Crippen LogP contribution in [-0.2, 0) is 0 Å². The summed E-state index contributed by atoms with van der Waals surface area (Å²) >= 11 is 0. The van der Waals surface area contributed by atoms with Crippen molar-refractivity contribution < 1.29 is 0 Å². The molecule has 0 aromatic heterocycles. The molecule has 0 radical (unpaired) electrons. The standard InChI is InChI=1S/C18H26N2/c1-6-16(15-12-18(4,7-2)13-15)20(19-5)17-11-9-8-10-14(17)3/h6,8-11,15H,5,7,12-13H2,1-4H3/b16-6-. The Morgan fingerprint density at radius 1 is 1.45 bits per heavy atom. The lowest BCUT2D eigenvalue weighted by molar-refractivity contribution is 0.0924. The van der Waals surface area contributed by atoms with Crippen molar-refractivity contribution in [3.63, 3.8) is 0 Å². The minimum absolute atomic E-state index is 0.511. The first-order valence-electron chi connectivity index (χ1n) is 7.53. The number of hydrogen-bond acceptors (Lipinski definition) is 2. The molecule has 1 aromatic carbocycles. The fourth-order valence-corrected chi connectivity index (χ4v) is 3.26. The maximum absolute atomic E-state index is 4.28. The molecule has 1 aliphatic rings. The van der Waals surface area contributed by atoms with Crippen molar-refractivity contribution >= 4 is 12.4 Å². The molecule has 0 atom stereocenters. The van der Waals surface area contributed by atoms with E-state index >= 15 is 0 Å². The van der Waals surface area contributed by atoms with E-state index in [-0.39, 0.29) is 0 Å². The topological polar surface area (TPSA) is 15.6 Å². The Balaban J connectivity index is 2.23. The van der Waals surface area contributed by atoms with Crippen molar-refractivity contribution in [2.75, 3.05) is 5.01 Å². The maximum atomic E-state index is 4.28. The molecule has 1 aromatic rings. The number of para-hydroxylation sites is 1. The zero-order chi connectivity index (χ0) is 14.8. The monoisotopic (exact) mass is 270 g/mol. The van der Waals surface area contributed by atoms with E-state index in [1.54, 1.807) is 0 Å².